The second kappa shape index (κ2) is 7.07. The first-order valence-electron chi connectivity index (χ1n) is 8.97. The molecule has 1 aliphatic heterocycles. The SMILES string of the molecule is CC1(c2cccnc2)CC1(NS(=O)(=O)C1CC=C(c2cc(C(F)(F)F)on2)S1)C(=O)O. The lowest BCUT2D eigenvalue weighted by molar-refractivity contribution is -0.155. The first-order chi connectivity index (χ1) is 14.4. The Kier molecular flexibility index (Phi) is 4.98. The van der Waals surface area contributed by atoms with Gasteiger partial charge in [-0.2, -0.15) is 17.9 Å². The summed E-state index contributed by atoms with van der Waals surface area (Å²) in [6, 6.07) is 4.01. The van der Waals surface area contributed by atoms with Crippen LogP contribution in [0.15, 0.2) is 41.2 Å². The third-order valence-electron chi connectivity index (χ3n) is 5.56. The van der Waals surface area contributed by atoms with Crippen LogP contribution in [0.2, 0.25) is 0 Å². The summed E-state index contributed by atoms with van der Waals surface area (Å²) in [5, 5.41) is 13.2. The lowest BCUT2D eigenvalue weighted by Crippen LogP contribution is -2.50. The molecule has 4 rings (SSSR count). The standard InChI is InChI=1S/C18H16F3N3O5S2/c1-16(10-3-2-6-22-8-10)9-17(16,15(25)26)24-31(27,28)14-5-4-12(30-14)11-7-13(29-23-11)18(19,20)21/h2-4,6-8,14,24H,5,9H2,1H3,(H,25,26). The molecule has 0 aromatic carbocycles. The van der Waals surface area contributed by atoms with E-state index in [1.807, 2.05) is 0 Å². The largest absolute Gasteiger partial charge is 0.480 e. The molecule has 2 aromatic rings. The Bertz CT molecular complexity index is 1170. The number of aromatic nitrogens is 2. The molecule has 2 N–H and O–H groups in total. The molecule has 3 atom stereocenters. The van der Waals surface area contributed by atoms with Crippen molar-refractivity contribution >= 4 is 32.7 Å². The zero-order valence-electron chi connectivity index (χ0n) is 15.9. The molecule has 166 valence electrons. The zero-order valence-corrected chi connectivity index (χ0v) is 17.5. The fourth-order valence-electron chi connectivity index (χ4n) is 3.66. The van der Waals surface area contributed by atoms with E-state index >= 15 is 0 Å². The molecule has 2 aliphatic rings. The number of nitrogens with zero attached hydrogens (tertiary/aromatic N) is 2. The van der Waals surface area contributed by atoms with Crippen LogP contribution in [0.5, 0.6) is 0 Å². The minimum absolute atomic E-state index is 0.0250. The van der Waals surface area contributed by atoms with Gasteiger partial charge in [0.25, 0.3) is 0 Å². The number of allylic oxidation sites excluding steroid dienone is 1. The lowest BCUT2D eigenvalue weighted by atomic mass is 9.94. The minimum atomic E-state index is -4.71. The second-order valence-electron chi connectivity index (χ2n) is 7.53. The minimum Gasteiger partial charge on any atom is -0.480 e. The lowest BCUT2D eigenvalue weighted by Gasteiger charge is -2.22. The summed E-state index contributed by atoms with van der Waals surface area (Å²) < 4.78 is 69.6. The van der Waals surface area contributed by atoms with Gasteiger partial charge in [0.05, 0.1) is 0 Å². The normalized spacial score (nSPS) is 28.4. The molecule has 1 fully saturated rings. The van der Waals surface area contributed by atoms with E-state index in [0.29, 0.717) is 11.6 Å². The average molecular weight is 475 g/mol. The van der Waals surface area contributed by atoms with Crippen molar-refractivity contribution < 1.29 is 36.0 Å². The van der Waals surface area contributed by atoms with Crippen LogP contribution in [0, 0.1) is 0 Å². The third kappa shape index (κ3) is 3.64. The number of carbonyl (C=O) groups is 1. The van der Waals surface area contributed by atoms with E-state index in [-0.39, 0.29) is 23.4 Å². The van der Waals surface area contributed by atoms with Crippen molar-refractivity contribution in [2.24, 2.45) is 0 Å². The molecule has 1 saturated carbocycles. The van der Waals surface area contributed by atoms with Gasteiger partial charge in [0.2, 0.25) is 15.8 Å². The highest BCUT2D eigenvalue weighted by atomic mass is 32.3. The molecular formula is C18H16F3N3O5S2. The van der Waals surface area contributed by atoms with Gasteiger partial charge in [0.1, 0.15) is 15.8 Å². The summed E-state index contributed by atoms with van der Waals surface area (Å²) in [6.45, 7) is 1.64. The molecule has 2 aromatic heterocycles. The third-order valence-corrected chi connectivity index (χ3v) is 9.21. The van der Waals surface area contributed by atoms with Gasteiger partial charge in [-0.15, -0.1) is 11.8 Å². The first-order valence-corrected chi connectivity index (χ1v) is 11.4. The maximum absolute atomic E-state index is 13.0. The molecule has 13 heteroatoms. The maximum atomic E-state index is 13.0. The topological polar surface area (TPSA) is 122 Å². The molecule has 0 radical (unpaired) electrons. The predicted octanol–water partition coefficient (Wildman–Crippen LogP) is 3.00. The monoisotopic (exact) mass is 475 g/mol. The first kappa shape index (κ1) is 21.8. The van der Waals surface area contributed by atoms with Gasteiger partial charge in [-0.05, 0) is 24.5 Å². The van der Waals surface area contributed by atoms with Crippen LogP contribution in [0.4, 0.5) is 13.2 Å². The van der Waals surface area contributed by atoms with Gasteiger partial charge in [0, 0.05) is 28.8 Å². The van der Waals surface area contributed by atoms with Crippen LogP contribution >= 0.6 is 11.8 Å². The van der Waals surface area contributed by atoms with Crippen LogP contribution in [-0.2, 0) is 26.4 Å². The van der Waals surface area contributed by atoms with Crippen molar-refractivity contribution in [2.75, 3.05) is 0 Å². The summed E-state index contributed by atoms with van der Waals surface area (Å²) in [4.78, 5) is 16.2. The molecule has 31 heavy (non-hydrogen) atoms. The van der Waals surface area contributed by atoms with E-state index in [9.17, 15) is 31.5 Å². The highest BCUT2D eigenvalue weighted by Crippen LogP contribution is 2.58. The molecule has 0 saturated heterocycles. The number of pyridine rings is 1. The van der Waals surface area contributed by atoms with Crippen LogP contribution < -0.4 is 4.72 Å². The molecule has 0 spiro atoms. The number of alkyl halides is 3. The molecule has 0 bridgehead atoms. The Morgan fingerprint density at radius 2 is 2.16 bits per heavy atom. The van der Waals surface area contributed by atoms with Crippen LogP contribution in [-0.4, -0.2) is 39.8 Å². The number of nitrogens with one attached hydrogen (secondary N) is 1. The van der Waals surface area contributed by atoms with Crippen molar-refractivity contribution in [1.82, 2.24) is 14.9 Å². The van der Waals surface area contributed by atoms with Gasteiger partial charge in [-0.25, -0.2) is 8.42 Å². The quantitative estimate of drug-likeness (QED) is 0.654. The number of hydrogen-bond acceptors (Lipinski definition) is 7. The number of carboxylic acids is 1. The van der Waals surface area contributed by atoms with Crippen molar-refractivity contribution in [1.29, 1.82) is 0 Å². The van der Waals surface area contributed by atoms with Crippen LogP contribution in [0.1, 0.15) is 36.8 Å². The number of carboxylic acid groups (broad SMARTS) is 1. The Balaban J connectivity index is 1.52. The van der Waals surface area contributed by atoms with Crippen LogP contribution in [0.25, 0.3) is 4.91 Å². The summed E-state index contributed by atoms with van der Waals surface area (Å²) in [6.07, 6.45) is -0.241. The fraction of sp³-hybridized carbons (Fsp3) is 0.389. The molecular weight excluding hydrogens is 459 g/mol. The van der Waals surface area contributed by atoms with Crippen molar-refractivity contribution in [2.45, 2.75) is 41.5 Å². The highest BCUT2D eigenvalue weighted by Gasteiger charge is 2.72. The molecule has 0 amide bonds. The Hall–Kier alpha value is -2.38. The fourth-order valence-corrected chi connectivity index (χ4v) is 6.86. The van der Waals surface area contributed by atoms with E-state index in [2.05, 4.69) is 19.4 Å². The molecule has 3 heterocycles. The summed E-state index contributed by atoms with van der Waals surface area (Å²) in [5.41, 5.74) is -2.28. The van der Waals surface area contributed by atoms with Gasteiger partial charge in [-0.3, -0.25) is 9.78 Å². The molecule has 8 nitrogen and oxygen atoms in total. The van der Waals surface area contributed by atoms with Gasteiger partial charge in [-0.1, -0.05) is 24.2 Å². The smallest absolute Gasteiger partial charge is 0.452 e. The number of rotatable bonds is 6. The molecule has 1 aliphatic carbocycles. The number of hydrogen-bond donors (Lipinski definition) is 2. The Morgan fingerprint density at radius 1 is 1.42 bits per heavy atom. The number of sulfonamides is 1. The average Bonchev–Trinajstić information content (AvgIpc) is 3.12. The number of thioether (sulfide) groups is 1. The van der Waals surface area contributed by atoms with Crippen LogP contribution in [0.3, 0.4) is 0 Å². The maximum Gasteiger partial charge on any atom is 0.452 e. The van der Waals surface area contributed by atoms with Crippen molar-refractivity contribution in [3.63, 3.8) is 0 Å². The van der Waals surface area contributed by atoms with Gasteiger partial charge in [0.15, 0.2) is 0 Å². The second-order valence-corrected chi connectivity index (χ2v) is 10.9. The zero-order chi connectivity index (χ0) is 22.7. The Labute approximate surface area is 179 Å². The van der Waals surface area contributed by atoms with E-state index in [0.717, 1.165) is 11.8 Å². The van der Waals surface area contributed by atoms with Crippen molar-refractivity contribution in [3.05, 3.63) is 53.7 Å². The number of halogens is 3. The van der Waals surface area contributed by atoms with E-state index in [4.69, 9.17) is 0 Å². The van der Waals surface area contributed by atoms with E-state index in [1.54, 1.807) is 19.1 Å². The van der Waals surface area contributed by atoms with Gasteiger partial charge < -0.3 is 9.63 Å². The predicted molar refractivity (Wildman–Crippen MR) is 104 cm³/mol. The summed E-state index contributed by atoms with van der Waals surface area (Å²) in [7, 11) is -4.16. The van der Waals surface area contributed by atoms with Gasteiger partial charge >= 0.3 is 12.1 Å². The van der Waals surface area contributed by atoms with E-state index in [1.165, 1.54) is 18.5 Å². The van der Waals surface area contributed by atoms with E-state index < -0.39 is 43.5 Å². The number of aliphatic carboxylic acids is 1. The summed E-state index contributed by atoms with van der Waals surface area (Å²) in [5.74, 6) is -2.60. The highest BCUT2D eigenvalue weighted by molar-refractivity contribution is 8.18. The molecule has 3 unspecified atom stereocenters. The summed E-state index contributed by atoms with van der Waals surface area (Å²) >= 11 is 0.786. The Morgan fingerprint density at radius 3 is 2.74 bits per heavy atom. The van der Waals surface area contributed by atoms with Crippen molar-refractivity contribution in [3.8, 4) is 0 Å².